The Bertz CT molecular complexity index is 569. The Morgan fingerprint density at radius 1 is 1.05 bits per heavy atom. The predicted octanol–water partition coefficient (Wildman–Crippen LogP) is 4.58. The first-order valence-corrected chi connectivity index (χ1v) is 6.58. The third-order valence-corrected chi connectivity index (χ3v) is 2.87. The molecule has 1 atom stereocenters. The molecule has 2 rings (SSSR count). The maximum atomic E-state index is 12.6. The highest BCUT2D eigenvalue weighted by Gasteiger charge is 2.30. The summed E-state index contributed by atoms with van der Waals surface area (Å²) in [6, 6.07) is 14.4. The molecule has 0 aliphatic carbocycles. The molecular weight excluding hydrogens is 279 g/mol. The average Bonchev–Trinajstić information content (AvgIpc) is 2.46. The van der Waals surface area contributed by atoms with Crippen LogP contribution in [0.15, 0.2) is 54.6 Å². The molecule has 0 heterocycles. The van der Waals surface area contributed by atoms with Gasteiger partial charge in [-0.2, -0.15) is 13.2 Å². The van der Waals surface area contributed by atoms with Crippen molar-refractivity contribution in [3.63, 3.8) is 0 Å². The molecule has 5 heteroatoms. The van der Waals surface area contributed by atoms with Crippen LogP contribution in [0.3, 0.4) is 0 Å². The fraction of sp³-hybridized carbons (Fsp3) is 0.250. The smallest absolute Gasteiger partial charge is 0.416 e. The van der Waals surface area contributed by atoms with Crippen molar-refractivity contribution in [1.29, 1.82) is 0 Å². The van der Waals surface area contributed by atoms with E-state index >= 15 is 0 Å². The summed E-state index contributed by atoms with van der Waals surface area (Å²) < 4.78 is 43.3. The zero-order valence-electron chi connectivity index (χ0n) is 11.5. The van der Waals surface area contributed by atoms with Crippen molar-refractivity contribution in [3.05, 3.63) is 60.2 Å². The van der Waals surface area contributed by atoms with E-state index in [-0.39, 0.29) is 11.9 Å². The van der Waals surface area contributed by atoms with Crippen LogP contribution in [-0.2, 0) is 6.18 Å². The SMILES string of the molecule is CC(CNc1ccccc1)Oc1cccc(C(F)(F)F)c1. The van der Waals surface area contributed by atoms with Crippen molar-refractivity contribution in [2.75, 3.05) is 11.9 Å². The molecule has 1 unspecified atom stereocenters. The number of halogens is 3. The number of hydrogen-bond donors (Lipinski definition) is 1. The van der Waals surface area contributed by atoms with Gasteiger partial charge in [-0.1, -0.05) is 24.3 Å². The summed E-state index contributed by atoms with van der Waals surface area (Å²) in [5.74, 6) is 0.215. The molecule has 0 amide bonds. The molecule has 2 aromatic rings. The van der Waals surface area contributed by atoms with Crippen LogP contribution in [0.4, 0.5) is 18.9 Å². The number of rotatable bonds is 5. The Morgan fingerprint density at radius 3 is 2.43 bits per heavy atom. The normalized spacial score (nSPS) is 12.8. The third kappa shape index (κ3) is 4.70. The standard InChI is InChI=1S/C16H16F3NO/c1-12(11-20-14-7-3-2-4-8-14)21-15-9-5-6-13(10-15)16(17,18)19/h2-10,12,20H,11H2,1H3. The first-order chi connectivity index (χ1) is 9.95. The van der Waals surface area contributed by atoms with E-state index in [1.165, 1.54) is 12.1 Å². The number of ether oxygens (including phenoxy) is 1. The number of nitrogens with one attached hydrogen (secondary N) is 1. The molecule has 0 fully saturated rings. The van der Waals surface area contributed by atoms with E-state index in [2.05, 4.69) is 5.32 Å². The minimum absolute atomic E-state index is 0.215. The summed E-state index contributed by atoms with van der Waals surface area (Å²) >= 11 is 0. The highest BCUT2D eigenvalue weighted by atomic mass is 19.4. The van der Waals surface area contributed by atoms with E-state index in [1.54, 1.807) is 6.92 Å². The second kappa shape index (κ2) is 6.52. The van der Waals surface area contributed by atoms with Crippen molar-refractivity contribution >= 4 is 5.69 Å². The maximum absolute atomic E-state index is 12.6. The molecule has 1 N–H and O–H groups in total. The van der Waals surface area contributed by atoms with E-state index < -0.39 is 11.7 Å². The molecule has 0 bridgehead atoms. The monoisotopic (exact) mass is 295 g/mol. The molecule has 2 nitrogen and oxygen atoms in total. The van der Waals surface area contributed by atoms with Gasteiger partial charge in [0.15, 0.2) is 0 Å². The highest BCUT2D eigenvalue weighted by Crippen LogP contribution is 2.31. The van der Waals surface area contributed by atoms with Gasteiger partial charge in [0.2, 0.25) is 0 Å². The molecule has 0 aliphatic rings. The van der Waals surface area contributed by atoms with E-state index in [1.807, 2.05) is 30.3 Å². The van der Waals surface area contributed by atoms with Crippen molar-refractivity contribution in [2.45, 2.75) is 19.2 Å². The van der Waals surface area contributed by atoms with Gasteiger partial charge in [0.05, 0.1) is 12.1 Å². The summed E-state index contributed by atoms with van der Waals surface area (Å²) in [5, 5.41) is 3.16. The lowest BCUT2D eigenvalue weighted by Crippen LogP contribution is -2.22. The summed E-state index contributed by atoms with van der Waals surface area (Å²) in [4.78, 5) is 0. The topological polar surface area (TPSA) is 21.3 Å². The van der Waals surface area contributed by atoms with Gasteiger partial charge in [0.1, 0.15) is 11.9 Å². The van der Waals surface area contributed by atoms with Gasteiger partial charge in [-0.15, -0.1) is 0 Å². The Balaban J connectivity index is 1.92. The van der Waals surface area contributed by atoms with Crippen molar-refractivity contribution in [2.24, 2.45) is 0 Å². The number of hydrogen-bond acceptors (Lipinski definition) is 2. The van der Waals surface area contributed by atoms with Crippen LogP contribution in [-0.4, -0.2) is 12.6 Å². The van der Waals surface area contributed by atoms with Gasteiger partial charge in [-0.25, -0.2) is 0 Å². The maximum Gasteiger partial charge on any atom is 0.416 e. The zero-order chi connectivity index (χ0) is 15.3. The van der Waals surface area contributed by atoms with Gasteiger partial charge < -0.3 is 10.1 Å². The van der Waals surface area contributed by atoms with Crippen LogP contribution < -0.4 is 10.1 Å². The van der Waals surface area contributed by atoms with Gasteiger partial charge in [-0.3, -0.25) is 0 Å². The zero-order valence-corrected chi connectivity index (χ0v) is 11.5. The number of anilines is 1. The average molecular weight is 295 g/mol. The molecule has 2 aromatic carbocycles. The first kappa shape index (κ1) is 15.2. The Kier molecular flexibility index (Phi) is 4.73. The van der Waals surface area contributed by atoms with E-state index in [0.717, 1.165) is 17.8 Å². The van der Waals surface area contributed by atoms with Crippen LogP contribution >= 0.6 is 0 Å². The van der Waals surface area contributed by atoms with Crippen molar-refractivity contribution in [1.82, 2.24) is 0 Å². The fourth-order valence-corrected chi connectivity index (χ4v) is 1.84. The number of benzene rings is 2. The Hall–Kier alpha value is -2.17. The summed E-state index contributed by atoms with van der Waals surface area (Å²) in [5.41, 5.74) is 0.236. The van der Waals surface area contributed by atoms with Gasteiger partial charge in [0.25, 0.3) is 0 Å². The molecule has 0 saturated carbocycles. The molecule has 0 aliphatic heterocycles. The number of alkyl halides is 3. The summed E-state index contributed by atoms with van der Waals surface area (Å²) in [6.07, 6.45) is -4.61. The van der Waals surface area contributed by atoms with Crippen LogP contribution in [0.2, 0.25) is 0 Å². The third-order valence-electron chi connectivity index (χ3n) is 2.87. The molecule has 0 radical (unpaired) electrons. The molecule has 0 aromatic heterocycles. The lowest BCUT2D eigenvalue weighted by molar-refractivity contribution is -0.137. The second-order valence-electron chi connectivity index (χ2n) is 4.70. The van der Waals surface area contributed by atoms with Crippen LogP contribution in [0, 0.1) is 0 Å². The largest absolute Gasteiger partial charge is 0.489 e. The minimum Gasteiger partial charge on any atom is -0.489 e. The molecule has 112 valence electrons. The highest BCUT2D eigenvalue weighted by molar-refractivity contribution is 5.42. The Labute approximate surface area is 121 Å². The predicted molar refractivity (Wildman–Crippen MR) is 76.5 cm³/mol. The molecular formula is C16H16F3NO. The van der Waals surface area contributed by atoms with E-state index in [0.29, 0.717) is 6.54 Å². The molecule has 0 spiro atoms. The Morgan fingerprint density at radius 2 is 1.76 bits per heavy atom. The van der Waals surface area contributed by atoms with Gasteiger partial charge in [0, 0.05) is 5.69 Å². The van der Waals surface area contributed by atoms with E-state index in [9.17, 15) is 13.2 Å². The fourth-order valence-electron chi connectivity index (χ4n) is 1.84. The lowest BCUT2D eigenvalue weighted by Gasteiger charge is -2.17. The van der Waals surface area contributed by atoms with Crippen LogP contribution in [0.1, 0.15) is 12.5 Å². The van der Waals surface area contributed by atoms with Crippen LogP contribution in [0.5, 0.6) is 5.75 Å². The summed E-state index contributed by atoms with van der Waals surface area (Å²) in [7, 11) is 0. The summed E-state index contributed by atoms with van der Waals surface area (Å²) in [6.45, 7) is 2.30. The van der Waals surface area contributed by atoms with Crippen molar-refractivity contribution in [3.8, 4) is 5.75 Å². The first-order valence-electron chi connectivity index (χ1n) is 6.58. The van der Waals surface area contributed by atoms with Gasteiger partial charge >= 0.3 is 6.18 Å². The van der Waals surface area contributed by atoms with Crippen molar-refractivity contribution < 1.29 is 17.9 Å². The van der Waals surface area contributed by atoms with Gasteiger partial charge in [-0.05, 0) is 37.3 Å². The van der Waals surface area contributed by atoms with Crippen LogP contribution in [0.25, 0.3) is 0 Å². The lowest BCUT2D eigenvalue weighted by atomic mass is 10.2. The molecule has 0 saturated heterocycles. The second-order valence-corrected chi connectivity index (χ2v) is 4.70. The number of para-hydroxylation sites is 1. The van der Waals surface area contributed by atoms with E-state index in [4.69, 9.17) is 4.74 Å². The molecule has 21 heavy (non-hydrogen) atoms. The minimum atomic E-state index is -4.36. The quantitative estimate of drug-likeness (QED) is 0.871.